The van der Waals surface area contributed by atoms with Crippen LogP contribution in [0.25, 0.3) is 0 Å². The van der Waals surface area contributed by atoms with Gasteiger partial charge in [-0.05, 0) is 66.2 Å². The minimum atomic E-state index is -2.30. The number of hydrogen-bond donors (Lipinski definition) is 0. The van der Waals surface area contributed by atoms with Crippen molar-refractivity contribution < 1.29 is 23.1 Å². The molecule has 0 N–H and O–H groups in total. The summed E-state index contributed by atoms with van der Waals surface area (Å²) in [6.45, 7) is 0.656. The van der Waals surface area contributed by atoms with Crippen LogP contribution in [-0.2, 0) is 29.1 Å². The molecule has 1 heterocycles. The van der Waals surface area contributed by atoms with Crippen LogP contribution in [0.1, 0.15) is 44.1 Å². The van der Waals surface area contributed by atoms with Crippen LogP contribution in [0.2, 0.25) is 0 Å². The summed E-state index contributed by atoms with van der Waals surface area (Å²) in [6.07, 6.45) is 7.83. The van der Waals surface area contributed by atoms with Crippen molar-refractivity contribution in [2.24, 2.45) is 23.2 Å². The highest BCUT2D eigenvalue weighted by Gasteiger charge is 2.55. The molecule has 1 aliphatic heterocycles. The lowest BCUT2D eigenvalue weighted by molar-refractivity contribution is -0.489. The van der Waals surface area contributed by atoms with E-state index in [-0.39, 0.29) is 12.2 Å². The normalized spacial score (nSPS) is 38.4. The van der Waals surface area contributed by atoms with Crippen LogP contribution in [0.3, 0.4) is 0 Å². The first-order chi connectivity index (χ1) is 12.1. The molecule has 0 amide bonds. The van der Waals surface area contributed by atoms with E-state index in [1.807, 2.05) is 30.3 Å². The first-order valence-electron chi connectivity index (χ1n) is 9.28. The lowest BCUT2D eigenvalue weighted by atomic mass is 9.50. The van der Waals surface area contributed by atoms with Gasteiger partial charge in [0.1, 0.15) is 6.61 Å². The van der Waals surface area contributed by atoms with Crippen LogP contribution in [0, 0.1) is 23.2 Å². The lowest BCUT2D eigenvalue weighted by Crippen LogP contribution is -2.48. The van der Waals surface area contributed by atoms with Gasteiger partial charge in [0.15, 0.2) is 6.79 Å². The average molecular weight is 363 g/mol. The summed E-state index contributed by atoms with van der Waals surface area (Å²) in [7, 11) is -2.30. The third kappa shape index (κ3) is 2.96. The van der Waals surface area contributed by atoms with Gasteiger partial charge in [-0.3, -0.25) is 9.47 Å². The highest BCUT2D eigenvalue weighted by Crippen LogP contribution is 2.60. The second-order valence-corrected chi connectivity index (χ2v) is 9.22. The molecule has 134 valence electrons. The van der Waals surface area contributed by atoms with Crippen LogP contribution in [0.4, 0.5) is 0 Å². The zero-order chi connectivity index (χ0) is 16.9. The molecule has 1 aromatic carbocycles. The van der Waals surface area contributed by atoms with Crippen LogP contribution < -0.4 is 0 Å². The number of ether oxygens (including phenoxy) is 2. The van der Waals surface area contributed by atoms with E-state index in [0.29, 0.717) is 12.2 Å². The van der Waals surface area contributed by atoms with E-state index in [4.69, 9.17) is 18.5 Å². The molecule has 1 aromatic rings. The predicted octanol–water partition coefficient (Wildman–Crippen LogP) is 4.71. The fourth-order valence-electron chi connectivity index (χ4n) is 5.86. The molecule has 0 aromatic heterocycles. The molecule has 4 aliphatic carbocycles. The molecular weight excluding hydrogens is 339 g/mol. The Kier molecular flexibility index (Phi) is 3.99. The standard InChI is InChI=1S/C19H24O5P/c20-25(24-19(21-13-22-19)17-4-2-1-3-5-17)23-12-18-9-14-6-15(10-18)8-16(7-14)11-18/h1-5,14-16H,6-13H2/q+1. The van der Waals surface area contributed by atoms with Gasteiger partial charge in [0, 0.05) is 10.1 Å². The lowest BCUT2D eigenvalue weighted by Gasteiger charge is -2.56. The maximum absolute atomic E-state index is 12.5. The molecule has 6 rings (SSSR count). The Morgan fingerprint density at radius 1 is 1.00 bits per heavy atom. The highest BCUT2D eigenvalue weighted by atomic mass is 31.1. The Morgan fingerprint density at radius 3 is 2.12 bits per heavy atom. The van der Waals surface area contributed by atoms with Crippen molar-refractivity contribution in [3.8, 4) is 0 Å². The second kappa shape index (κ2) is 6.11. The Hall–Kier alpha value is -0.840. The molecule has 0 radical (unpaired) electrons. The maximum atomic E-state index is 12.5. The van der Waals surface area contributed by atoms with Crippen molar-refractivity contribution in [2.45, 2.75) is 44.5 Å². The van der Waals surface area contributed by atoms with Crippen molar-refractivity contribution in [1.29, 1.82) is 0 Å². The molecule has 25 heavy (non-hydrogen) atoms. The molecular formula is C19H24O5P+. The van der Waals surface area contributed by atoms with Gasteiger partial charge < -0.3 is 0 Å². The van der Waals surface area contributed by atoms with Gasteiger partial charge in [0.2, 0.25) is 0 Å². The fraction of sp³-hybridized carbons (Fsp3) is 0.684. The van der Waals surface area contributed by atoms with E-state index in [2.05, 4.69) is 0 Å². The Morgan fingerprint density at radius 2 is 1.60 bits per heavy atom. The van der Waals surface area contributed by atoms with Gasteiger partial charge in [-0.1, -0.05) is 30.3 Å². The number of hydrogen-bond acceptors (Lipinski definition) is 5. The molecule has 5 aliphatic rings. The molecule has 1 atom stereocenters. The van der Waals surface area contributed by atoms with Crippen molar-refractivity contribution >= 4 is 8.25 Å². The zero-order valence-corrected chi connectivity index (χ0v) is 15.2. The molecule has 5 fully saturated rings. The largest absolute Gasteiger partial charge is 0.703 e. The summed E-state index contributed by atoms with van der Waals surface area (Å²) in [5.41, 5.74) is 0.910. The number of benzene rings is 1. The van der Waals surface area contributed by atoms with E-state index in [1.54, 1.807) is 0 Å². The average Bonchev–Trinajstić information content (AvgIpc) is 2.56. The van der Waals surface area contributed by atoms with Crippen LogP contribution in [0.5, 0.6) is 0 Å². The van der Waals surface area contributed by atoms with Gasteiger partial charge in [0.05, 0.1) is 0 Å². The Bertz CT molecular complexity index is 622. The SMILES string of the molecule is O=[P+](OCC12CC3CC(CC(C3)C1)C2)OC1(c2ccccc2)OCO1. The molecule has 1 saturated heterocycles. The summed E-state index contributed by atoms with van der Waals surface area (Å²) in [6, 6.07) is 9.31. The molecule has 6 heteroatoms. The Balaban J connectivity index is 1.23. The predicted molar refractivity (Wildman–Crippen MR) is 90.4 cm³/mol. The molecule has 4 saturated carbocycles. The topological polar surface area (TPSA) is 54.0 Å². The summed E-state index contributed by atoms with van der Waals surface area (Å²) in [5, 5.41) is 0. The van der Waals surface area contributed by atoms with Crippen molar-refractivity contribution in [3.63, 3.8) is 0 Å². The molecule has 0 spiro atoms. The first kappa shape index (κ1) is 16.3. The fourth-order valence-corrected chi connectivity index (χ4v) is 6.70. The Labute approximate surface area is 148 Å². The van der Waals surface area contributed by atoms with Crippen LogP contribution >= 0.6 is 8.25 Å². The highest BCUT2D eigenvalue weighted by molar-refractivity contribution is 7.33. The van der Waals surface area contributed by atoms with Gasteiger partial charge in [-0.25, -0.2) is 0 Å². The molecule has 4 bridgehead atoms. The number of rotatable bonds is 6. The quantitative estimate of drug-likeness (QED) is 0.685. The second-order valence-electron chi connectivity index (χ2n) is 8.33. The van der Waals surface area contributed by atoms with Crippen molar-refractivity contribution in [2.75, 3.05) is 13.4 Å². The molecule has 5 nitrogen and oxygen atoms in total. The van der Waals surface area contributed by atoms with E-state index >= 15 is 0 Å². The first-order valence-corrected chi connectivity index (χ1v) is 10.4. The monoisotopic (exact) mass is 363 g/mol. The summed E-state index contributed by atoms with van der Waals surface area (Å²) >= 11 is 0. The zero-order valence-electron chi connectivity index (χ0n) is 14.3. The third-order valence-corrected chi connectivity index (χ3v) is 7.19. The summed E-state index contributed by atoms with van der Waals surface area (Å²) < 4.78 is 34.7. The molecule has 1 unspecified atom stereocenters. The summed E-state index contributed by atoms with van der Waals surface area (Å²) in [4.78, 5) is 0. The van der Waals surface area contributed by atoms with Crippen molar-refractivity contribution in [1.82, 2.24) is 0 Å². The third-order valence-electron chi connectivity index (χ3n) is 6.46. The van der Waals surface area contributed by atoms with E-state index in [0.717, 1.165) is 17.8 Å². The maximum Gasteiger partial charge on any atom is 0.703 e. The van der Waals surface area contributed by atoms with Crippen LogP contribution in [0.15, 0.2) is 30.3 Å². The minimum absolute atomic E-state index is 0.132. The van der Waals surface area contributed by atoms with E-state index < -0.39 is 14.2 Å². The van der Waals surface area contributed by atoms with Gasteiger partial charge in [0.25, 0.3) is 0 Å². The summed E-state index contributed by atoms with van der Waals surface area (Å²) in [5.74, 6) is 1.17. The van der Waals surface area contributed by atoms with E-state index in [9.17, 15) is 4.57 Å². The van der Waals surface area contributed by atoms with Gasteiger partial charge in [-0.15, -0.1) is 4.52 Å². The van der Waals surface area contributed by atoms with E-state index in [1.165, 1.54) is 38.5 Å². The van der Waals surface area contributed by atoms with Gasteiger partial charge >= 0.3 is 14.2 Å². The van der Waals surface area contributed by atoms with Crippen LogP contribution in [-0.4, -0.2) is 13.4 Å². The minimum Gasteiger partial charge on any atom is -0.293 e. The van der Waals surface area contributed by atoms with Gasteiger partial charge in [-0.2, -0.15) is 0 Å². The smallest absolute Gasteiger partial charge is 0.293 e. The van der Waals surface area contributed by atoms with Crippen molar-refractivity contribution in [3.05, 3.63) is 35.9 Å².